The highest BCUT2D eigenvalue weighted by Gasteiger charge is 2.36. The van der Waals surface area contributed by atoms with Gasteiger partial charge in [0.1, 0.15) is 11.6 Å². The average Bonchev–Trinajstić information content (AvgIpc) is 2.80. The van der Waals surface area contributed by atoms with Crippen LogP contribution in [0.3, 0.4) is 0 Å². The maximum Gasteiger partial charge on any atom is 0.232 e. The average molecular weight is 435 g/mol. The Morgan fingerprint density at radius 3 is 2.16 bits per heavy atom. The van der Waals surface area contributed by atoms with Crippen LogP contribution in [0, 0.1) is 5.82 Å². The van der Waals surface area contributed by atoms with Crippen molar-refractivity contribution >= 4 is 11.6 Å². The van der Waals surface area contributed by atoms with E-state index >= 15 is 0 Å². The summed E-state index contributed by atoms with van der Waals surface area (Å²) in [6.45, 7) is 4.81. The molecular weight excluding hydrogens is 409 g/mol. The molecule has 0 spiro atoms. The van der Waals surface area contributed by atoms with E-state index in [1.807, 2.05) is 50.2 Å². The summed E-state index contributed by atoms with van der Waals surface area (Å²) in [4.78, 5) is 15.1. The molecule has 4 rings (SSSR count). The van der Waals surface area contributed by atoms with Crippen LogP contribution in [0.4, 0.5) is 10.1 Å². The van der Waals surface area contributed by atoms with Gasteiger partial charge in [0.2, 0.25) is 5.91 Å². The second-order valence-corrected chi connectivity index (χ2v) is 7.46. The van der Waals surface area contributed by atoms with E-state index in [0.29, 0.717) is 30.5 Å². The second-order valence-electron chi connectivity index (χ2n) is 7.46. The maximum absolute atomic E-state index is 13.7. The predicted octanol–water partition coefficient (Wildman–Crippen LogP) is 5.31. The second kappa shape index (κ2) is 9.30. The number of nitrogens with zero attached hydrogens (tertiary/aromatic N) is 1. The molecule has 32 heavy (non-hydrogen) atoms. The summed E-state index contributed by atoms with van der Waals surface area (Å²) in [6, 6.07) is 17.0. The molecule has 3 aromatic rings. The van der Waals surface area contributed by atoms with Crippen molar-refractivity contribution in [1.29, 1.82) is 0 Å². The van der Waals surface area contributed by atoms with Crippen LogP contribution in [0.15, 0.2) is 60.7 Å². The molecule has 0 unspecified atom stereocenters. The molecule has 0 saturated heterocycles. The number of carbonyl (C=O) groups is 1. The summed E-state index contributed by atoms with van der Waals surface area (Å²) < 4.78 is 30.6. The Morgan fingerprint density at radius 1 is 0.938 bits per heavy atom. The van der Waals surface area contributed by atoms with Gasteiger partial charge in [-0.2, -0.15) is 0 Å². The van der Waals surface area contributed by atoms with Crippen molar-refractivity contribution in [1.82, 2.24) is 0 Å². The van der Waals surface area contributed by atoms with Crippen LogP contribution in [0.2, 0.25) is 0 Å². The van der Waals surface area contributed by atoms with Crippen molar-refractivity contribution in [2.24, 2.45) is 0 Å². The molecule has 1 atom stereocenters. The van der Waals surface area contributed by atoms with Crippen LogP contribution in [0.1, 0.15) is 36.6 Å². The molecule has 0 aliphatic carbocycles. The van der Waals surface area contributed by atoms with E-state index in [0.717, 1.165) is 22.4 Å². The van der Waals surface area contributed by atoms with E-state index in [-0.39, 0.29) is 18.1 Å². The predicted molar refractivity (Wildman–Crippen MR) is 121 cm³/mol. The monoisotopic (exact) mass is 435 g/mol. The van der Waals surface area contributed by atoms with Gasteiger partial charge in [-0.1, -0.05) is 12.1 Å². The molecule has 0 radical (unpaired) electrons. The van der Waals surface area contributed by atoms with Crippen molar-refractivity contribution in [3.05, 3.63) is 83.2 Å². The molecule has 1 heterocycles. The van der Waals surface area contributed by atoms with Gasteiger partial charge in [-0.3, -0.25) is 4.79 Å². The van der Waals surface area contributed by atoms with Crippen molar-refractivity contribution in [2.45, 2.75) is 26.3 Å². The van der Waals surface area contributed by atoms with E-state index < -0.39 is 6.04 Å². The highest BCUT2D eigenvalue weighted by atomic mass is 19.1. The number of benzene rings is 3. The van der Waals surface area contributed by atoms with Crippen LogP contribution < -0.4 is 19.1 Å². The lowest BCUT2D eigenvalue weighted by atomic mass is 9.86. The molecular formula is C26H26FNO4. The first-order valence-corrected chi connectivity index (χ1v) is 10.7. The van der Waals surface area contributed by atoms with Gasteiger partial charge in [-0.05, 0) is 79.1 Å². The van der Waals surface area contributed by atoms with E-state index in [1.165, 1.54) is 12.1 Å². The Morgan fingerprint density at radius 2 is 1.56 bits per heavy atom. The first-order valence-electron chi connectivity index (χ1n) is 10.7. The van der Waals surface area contributed by atoms with E-state index in [2.05, 4.69) is 0 Å². The Labute approximate surface area is 187 Å². The largest absolute Gasteiger partial charge is 0.497 e. The number of rotatable bonds is 7. The molecule has 0 bridgehead atoms. The minimum atomic E-state index is -0.435. The van der Waals surface area contributed by atoms with E-state index in [4.69, 9.17) is 14.2 Å². The lowest BCUT2D eigenvalue weighted by molar-refractivity contribution is -0.118. The van der Waals surface area contributed by atoms with Gasteiger partial charge in [-0.15, -0.1) is 0 Å². The molecule has 0 fully saturated rings. The Bertz CT molecular complexity index is 1100. The van der Waals surface area contributed by atoms with E-state index in [1.54, 1.807) is 24.1 Å². The number of ether oxygens (including phenoxy) is 3. The maximum atomic E-state index is 13.7. The summed E-state index contributed by atoms with van der Waals surface area (Å²) in [5.41, 5.74) is 3.35. The highest BCUT2D eigenvalue weighted by Crippen LogP contribution is 2.43. The number of halogens is 1. The van der Waals surface area contributed by atoms with E-state index in [9.17, 15) is 9.18 Å². The Hall–Kier alpha value is -3.54. The van der Waals surface area contributed by atoms with Crippen molar-refractivity contribution in [2.75, 3.05) is 25.2 Å². The van der Waals surface area contributed by atoms with Crippen molar-refractivity contribution < 1.29 is 23.4 Å². The zero-order chi connectivity index (χ0) is 22.7. The molecule has 5 nitrogen and oxygen atoms in total. The fourth-order valence-electron chi connectivity index (χ4n) is 4.10. The summed E-state index contributed by atoms with van der Waals surface area (Å²) in [5.74, 6) is 1.58. The van der Waals surface area contributed by atoms with Crippen LogP contribution in [0.25, 0.3) is 0 Å². The normalized spacial score (nSPS) is 15.3. The fraction of sp³-hybridized carbons (Fsp3) is 0.269. The lowest BCUT2D eigenvalue weighted by Crippen LogP contribution is -2.41. The van der Waals surface area contributed by atoms with Gasteiger partial charge in [0.05, 0.1) is 32.8 Å². The van der Waals surface area contributed by atoms with Crippen LogP contribution in [-0.2, 0) is 11.2 Å². The van der Waals surface area contributed by atoms with Crippen molar-refractivity contribution in [3.63, 3.8) is 0 Å². The SMILES string of the molecule is CCOc1cc2c(cc1OCC)[C@H](c1ccc(F)cc1)N(c1ccc(OC)cc1)C(=O)C2. The molecule has 1 aliphatic heterocycles. The van der Waals surface area contributed by atoms with Gasteiger partial charge in [-0.25, -0.2) is 4.39 Å². The third kappa shape index (κ3) is 4.13. The number of amides is 1. The van der Waals surface area contributed by atoms with Gasteiger partial charge in [0, 0.05) is 5.69 Å². The summed E-state index contributed by atoms with van der Waals surface area (Å²) in [5, 5.41) is 0. The highest BCUT2D eigenvalue weighted by molar-refractivity contribution is 5.98. The fourth-order valence-corrected chi connectivity index (χ4v) is 4.10. The number of hydrogen-bond acceptors (Lipinski definition) is 4. The van der Waals surface area contributed by atoms with Crippen LogP contribution in [0.5, 0.6) is 17.2 Å². The lowest BCUT2D eigenvalue weighted by Gasteiger charge is -2.38. The van der Waals surface area contributed by atoms with Gasteiger partial charge in [0.15, 0.2) is 11.5 Å². The van der Waals surface area contributed by atoms with Gasteiger partial charge in [0.25, 0.3) is 0 Å². The van der Waals surface area contributed by atoms with Crippen molar-refractivity contribution in [3.8, 4) is 17.2 Å². The molecule has 0 aromatic heterocycles. The molecule has 0 saturated carbocycles. The smallest absolute Gasteiger partial charge is 0.232 e. The number of carbonyl (C=O) groups excluding carboxylic acids is 1. The Balaban J connectivity index is 1.89. The number of hydrogen-bond donors (Lipinski definition) is 0. The van der Waals surface area contributed by atoms with Crippen LogP contribution in [-0.4, -0.2) is 26.2 Å². The molecule has 0 N–H and O–H groups in total. The van der Waals surface area contributed by atoms with Gasteiger partial charge >= 0.3 is 0 Å². The summed E-state index contributed by atoms with van der Waals surface area (Å²) in [6.07, 6.45) is 0.228. The summed E-state index contributed by atoms with van der Waals surface area (Å²) in [7, 11) is 1.60. The molecule has 166 valence electrons. The zero-order valence-electron chi connectivity index (χ0n) is 18.4. The Kier molecular flexibility index (Phi) is 6.30. The molecule has 1 amide bonds. The third-order valence-corrected chi connectivity index (χ3v) is 5.50. The minimum absolute atomic E-state index is 0.0522. The number of methoxy groups -OCH3 is 1. The van der Waals surface area contributed by atoms with Gasteiger partial charge < -0.3 is 19.1 Å². The first kappa shape index (κ1) is 21.7. The minimum Gasteiger partial charge on any atom is -0.497 e. The third-order valence-electron chi connectivity index (χ3n) is 5.50. The topological polar surface area (TPSA) is 48.0 Å². The quantitative estimate of drug-likeness (QED) is 0.505. The first-order chi connectivity index (χ1) is 15.5. The summed E-state index contributed by atoms with van der Waals surface area (Å²) >= 11 is 0. The standard InChI is InChI=1S/C26H26FNO4/c1-4-31-23-14-18-15-25(29)28(20-10-12-21(30-3)13-11-20)26(17-6-8-19(27)9-7-17)22(18)16-24(23)32-5-2/h6-14,16,26H,4-5,15H2,1-3H3/t26-/m0/s1. The van der Waals surface area contributed by atoms with Crippen LogP contribution >= 0.6 is 0 Å². The molecule has 1 aliphatic rings. The zero-order valence-corrected chi connectivity index (χ0v) is 18.4. The number of fused-ring (bicyclic) bond motifs is 1. The molecule has 3 aromatic carbocycles. The number of anilines is 1. The molecule has 6 heteroatoms.